The average molecular weight is 546 g/mol. The highest BCUT2D eigenvalue weighted by Gasteiger charge is 2.12. The van der Waals surface area contributed by atoms with Crippen LogP contribution < -0.4 is 24.3 Å². The average Bonchev–Trinajstić information content (AvgIpc) is 3.35. The minimum Gasteiger partial charge on any atom is -0.497 e. The minimum atomic E-state index is -0.112. The van der Waals surface area contributed by atoms with E-state index in [1.807, 2.05) is 30.3 Å². The molecule has 0 fully saturated rings. The van der Waals surface area contributed by atoms with Crippen LogP contribution in [0.25, 0.3) is 11.0 Å². The van der Waals surface area contributed by atoms with Gasteiger partial charge < -0.3 is 28.8 Å². The molecular weight excluding hydrogens is 506 g/mol. The van der Waals surface area contributed by atoms with E-state index in [9.17, 15) is 4.79 Å². The Morgan fingerprint density at radius 3 is 2.35 bits per heavy atom. The van der Waals surface area contributed by atoms with Gasteiger partial charge in [-0.05, 0) is 80.3 Å². The van der Waals surface area contributed by atoms with Crippen LogP contribution in [-0.2, 0) is 13.0 Å². The van der Waals surface area contributed by atoms with Crippen LogP contribution in [0.5, 0.6) is 23.0 Å². The normalized spacial score (nSPS) is 10.9. The number of ether oxygens (including phenoxy) is 4. The van der Waals surface area contributed by atoms with Crippen LogP contribution in [0.4, 0.5) is 0 Å². The van der Waals surface area contributed by atoms with Crippen molar-refractivity contribution in [2.24, 2.45) is 0 Å². The maximum absolute atomic E-state index is 12.5. The van der Waals surface area contributed by atoms with Crippen LogP contribution in [0, 0.1) is 0 Å². The highest BCUT2D eigenvalue weighted by molar-refractivity contribution is 5.94. The van der Waals surface area contributed by atoms with Gasteiger partial charge >= 0.3 is 0 Å². The van der Waals surface area contributed by atoms with Crippen molar-refractivity contribution in [1.29, 1.82) is 0 Å². The van der Waals surface area contributed by atoms with Crippen molar-refractivity contribution in [1.82, 2.24) is 14.9 Å². The van der Waals surface area contributed by atoms with Gasteiger partial charge in [0.05, 0.1) is 39.0 Å². The molecule has 4 rings (SSSR count). The number of amides is 1. The number of carbonyl (C=O) groups is 1. The third kappa shape index (κ3) is 7.68. The number of fused-ring (bicyclic) bond motifs is 1. The first-order valence-electron chi connectivity index (χ1n) is 13.8. The summed E-state index contributed by atoms with van der Waals surface area (Å²) in [5, 5.41) is 3.00. The molecule has 3 aromatic carbocycles. The molecule has 0 unspecified atom stereocenters. The molecule has 0 spiro atoms. The highest BCUT2D eigenvalue weighted by Crippen LogP contribution is 2.27. The minimum absolute atomic E-state index is 0.112. The summed E-state index contributed by atoms with van der Waals surface area (Å²) in [7, 11) is 4.80. The number of imidazole rings is 1. The molecule has 0 atom stereocenters. The maximum atomic E-state index is 12.5. The Hall–Kier alpha value is -4.20. The maximum Gasteiger partial charge on any atom is 0.251 e. The molecule has 1 amide bonds. The first kappa shape index (κ1) is 28.8. The molecule has 0 aliphatic heterocycles. The van der Waals surface area contributed by atoms with Gasteiger partial charge in [-0.15, -0.1) is 0 Å². The lowest BCUT2D eigenvalue weighted by molar-refractivity contribution is 0.0952. The van der Waals surface area contributed by atoms with Gasteiger partial charge in [0.1, 0.15) is 17.3 Å². The Morgan fingerprint density at radius 1 is 0.800 bits per heavy atom. The third-order valence-electron chi connectivity index (χ3n) is 6.85. The smallest absolute Gasteiger partial charge is 0.251 e. The Morgan fingerprint density at radius 2 is 1.57 bits per heavy atom. The zero-order chi connectivity index (χ0) is 28.2. The summed E-state index contributed by atoms with van der Waals surface area (Å²) in [6.45, 7) is 2.20. The highest BCUT2D eigenvalue weighted by atomic mass is 16.5. The molecule has 1 heterocycles. The van der Waals surface area contributed by atoms with Gasteiger partial charge in [0.2, 0.25) is 0 Å². The summed E-state index contributed by atoms with van der Waals surface area (Å²) in [4.78, 5) is 17.4. The molecule has 0 saturated heterocycles. The number of nitrogens with zero attached hydrogens (tertiary/aromatic N) is 2. The van der Waals surface area contributed by atoms with Crippen molar-refractivity contribution in [2.45, 2.75) is 45.1 Å². The van der Waals surface area contributed by atoms with Gasteiger partial charge in [0.15, 0.2) is 11.5 Å². The summed E-state index contributed by atoms with van der Waals surface area (Å²) >= 11 is 0. The van der Waals surface area contributed by atoms with Gasteiger partial charge in [-0.25, -0.2) is 4.98 Å². The zero-order valence-electron chi connectivity index (χ0n) is 23.7. The fourth-order valence-corrected chi connectivity index (χ4v) is 4.67. The summed E-state index contributed by atoms with van der Waals surface area (Å²) in [6.07, 6.45) is 5.79. The Bertz CT molecular complexity index is 1370. The quantitative estimate of drug-likeness (QED) is 0.172. The molecule has 0 aliphatic rings. The molecule has 212 valence electrons. The van der Waals surface area contributed by atoms with E-state index >= 15 is 0 Å². The molecule has 0 bridgehead atoms. The number of methoxy groups -OCH3 is 3. The molecule has 4 aromatic rings. The molecule has 8 heteroatoms. The topological polar surface area (TPSA) is 83.8 Å². The largest absolute Gasteiger partial charge is 0.497 e. The number of hydrogen-bond donors (Lipinski definition) is 1. The summed E-state index contributed by atoms with van der Waals surface area (Å²) in [6, 6.07) is 21.2. The van der Waals surface area contributed by atoms with Crippen molar-refractivity contribution < 1.29 is 23.7 Å². The van der Waals surface area contributed by atoms with Gasteiger partial charge in [0.25, 0.3) is 5.91 Å². The number of unbranched alkanes of at least 4 members (excludes halogenated alkanes) is 3. The lowest BCUT2D eigenvalue weighted by atomic mass is 10.1. The van der Waals surface area contributed by atoms with Crippen molar-refractivity contribution in [3.8, 4) is 23.0 Å². The van der Waals surface area contributed by atoms with Crippen LogP contribution in [0.3, 0.4) is 0 Å². The van der Waals surface area contributed by atoms with E-state index in [1.54, 1.807) is 39.5 Å². The number of aromatic nitrogens is 2. The number of nitrogens with one attached hydrogen (secondary N) is 1. The van der Waals surface area contributed by atoms with E-state index in [0.29, 0.717) is 30.2 Å². The van der Waals surface area contributed by atoms with Crippen LogP contribution in [0.1, 0.15) is 48.3 Å². The second-order valence-corrected chi connectivity index (χ2v) is 9.54. The van der Waals surface area contributed by atoms with Gasteiger partial charge in [-0.2, -0.15) is 0 Å². The first-order chi connectivity index (χ1) is 19.6. The van der Waals surface area contributed by atoms with E-state index in [0.717, 1.165) is 67.9 Å². The van der Waals surface area contributed by atoms with E-state index < -0.39 is 0 Å². The fraction of sp³-hybridized carbons (Fsp3) is 0.375. The van der Waals surface area contributed by atoms with Crippen molar-refractivity contribution in [2.75, 3.05) is 34.5 Å². The van der Waals surface area contributed by atoms with Crippen molar-refractivity contribution in [3.05, 3.63) is 78.1 Å². The van der Waals surface area contributed by atoms with Crippen molar-refractivity contribution >= 4 is 16.9 Å². The molecule has 40 heavy (non-hydrogen) atoms. The second-order valence-electron chi connectivity index (χ2n) is 9.54. The molecule has 8 nitrogen and oxygen atoms in total. The summed E-state index contributed by atoms with van der Waals surface area (Å²) in [5.74, 6) is 3.83. The predicted octanol–water partition coefficient (Wildman–Crippen LogP) is 6.06. The van der Waals surface area contributed by atoms with Crippen LogP contribution >= 0.6 is 0 Å². The van der Waals surface area contributed by atoms with E-state index in [1.165, 1.54) is 5.52 Å². The zero-order valence-corrected chi connectivity index (χ0v) is 23.7. The SMILES string of the molecule is COc1ccc(OCCCCn2c(CCCCCNC(=O)c3ccc(OC)c(OC)c3)nc3ccccc32)cc1. The molecule has 0 radical (unpaired) electrons. The molecule has 0 saturated carbocycles. The third-order valence-corrected chi connectivity index (χ3v) is 6.85. The summed E-state index contributed by atoms with van der Waals surface area (Å²) < 4.78 is 24.0. The van der Waals surface area contributed by atoms with Crippen molar-refractivity contribution in [3.63, 3.8) is 0 Å². The number of hydrogen-bond acceptors (Lipinski definition) is 6. The van der Waals surface area contributed by atoms with Crippen LogP contribution in [0.15, 0.2) is 66.7 Å². The monoisotopic (exact) mass is 545 g/mol. The fourth-order valence-electron chi connectivity index (χ4n) is 4.67. The Labute approximate surface area is 236 Å². The first-order valence-corrected chi connectivity index (χ1v) is 13.8. The lowest BCUT2D eigenvalue weighted by Crippen LogP contribution is -2.24. The molecule has 1 aromatic heterocycles. The molecule has 1 N–H and O–H groups in total. The predicted molar refractivity (Wildman–Crippen MR) is 157 cm³/mol. The Balaban J connectivity index is 1.21. The van der Waals surface area contributed by atoms with Gasteiger partial charge in [0, 0.05) is 25.1 Å². The number of aryl methyl sites for hydroxylation is 2. The van der Waals surface area contributed by atoms with E-state index in [4.69, 9.17) is 23.9 Å². The molecule has 0 aliphatic carbocycles. The van der Waals surface area contributed by atoms with E-state index in [2.05, 4.69) is 28.1 Å². The second kappa shape index (κ2) is 14.8. The lowest BCUT2D eigenvalue weighted by Gasteiger charge is -2.11. The van der Waals surface area contributed by atoms with Crippen LogP contribution in [0.2, 0.25) is 0 Å². The van der Waals surface area contributed by atoms with E-state index in [-0.39, 0.29) is 5.91 Å². The van der Waals surface area contributed by atoms with Gasteiger partial charge in [-0.3, -0.25) is 4.79 Å². The number of carbonyl (C=O) groups excluding carboxylic acids is 1. The summed E-state index contributed by atoms with van der Waals surface area (Å²) in [5.41, 5.74) is 2.77. The van der Waals surface area contributed by atoms with Gasteiger partial charge in [-0.1, -0.05) is 18.6 Å². The number of rotatable bonds is 16. The number of para-hydroxylation sites is 2. The number of benzene rings is 3. The Kier molecular flexibility index (Phi) is 10.7. The van der Waals surface area contributed by atoms with Crippen LogP contribution in [-0.4, -0.2) is 49.9 Å². The molecular formula is C32H39N3O5. The standard InChI is InChI=1S/C32H39N3O5/c1-37-25-15-17-26(18-16-25)40-22-10-9-21-35-28-12-7-6-11-27(28)34-31(35)13-5-4-8-20-33-32(36)24-14-19-29(38-2)30(23-24)39-3/h6-7,11-12,14-19,23H,4-5,8-10,13,20-22H2,1-3H3,(H,33,36).